The van der Waals surface area contributed by atoms with Crippen LogP contribution in [0.25, 0.3) is 22.4 Å². The summed E-state index contributed by atoms with van der Waals surface area (Å²) in [6.45, 7) is 0. The van der Waals surface area contributed by atoms with Crippen LogP contribution in [0, 0.1) is 17.6 Å². The highest BCUT2D eigenvalue weighted by molar-refractivity contribution is 5.93. The summed E-state index contributed by atoms with van der Waals surface area (Å²) >= 11 is 0. The second kappa shape index (κ2) is 6.49. The van der Waals surface area contributed by atoms with Gasteiger partial charge in [0.25, 0.3) is 0 Å². The van der Waals surface area contributed by atoms with Crippen LogP contribution in [0.2, 0.25) is 0 Å². The molecule has 26 heavy (non-hydrogen) atoms. The van der Waals surface area contributed by atoms with E-state index in [1.807, 2.05) is 0 Å². The van der Waals surface area contributed by atoms with Crippen molar-refractivity contribution in [3.8, 4) is 11.4 Å². The number of H-pyrrole nitrogens is 1. The maximum atomic E-state index is 13.3. The van der Waals surface area contributed by atoms with Gasteiger partial charge in [-0.1, -0.05) is 0 Å². The van der Waals surface area contributed by atoms with E-state index >= 15 is 0 Å². The van der Waals surface area contributed by atoms with Crippen LogP contribution in [0.3, 0.4) is 0 Å². The number of halogens is 2. The first-order valence-corrected chi connectivity index (χ1v) is 8.51. The molecule has 1 saturated carbocycles. The quantitative estimate of drug-likeness (QED) is 0.671. The number of anilines is 1. The molecular formula is C19H18F2N4O. The Hall–Kier alpha value is -2.80. The molecule has 4 N–H and O–H groups in total. The molecular weight excluding hydrogens is 338 g/mol. The van der Waals surface area contributed by atoms with E-state index in [0.29, 0.717) is 22.5 Å². The van der Waals surface area contributed by atoms with Crippen LogP contribution in [-0.2, 0) is 4.79 Å². The van der Waals surface area contributed by atoms with E-state index in [1.54, 1.807) is 24.3 Å². The lowest BCUT2D eigenvalue weighted by Gasteiger charge is -2.11. The molecule has 7 heteroatoms. The minimum atomic E-state index is -0.930. The van der Waals surface area contributed by atoms with E-state index in [0.717, 1.165) is 37.0 Å². The summed E-state index contributed by atoms with van der Waals surface area (Å²) in [5, 5.41) is 2.90. The number of aromatic nitrogens is 2. The van der Waals surface area contributed by atoms with Gasteiger partial charge in [0.15, 0.2) is 11.6 Å². The van der Waals surface area contributed by atoms with Crippen molar-refractivity contribution in [3.05, 3.63) is 48.0 Å². The zero-order valence-corrected chi connectivity index (χ0v) is 13.9. The molecule has 0 bridgehead atoms. The molecule has 0 radical (unpaired) electrons. The van der Waals surface area contributed by atoms with Gasteiger partial charge >= 0.3 is 0 Å². The third-order valence-corrected chi connectivity index (χ3v) is 4.79. The molecule has 1 fully saturated rings. The fourth-order valence-electron chi connectivity index (χ4n) is 3.35. The van der Waals surface area contributed by atoms with E-state index in [4.69, 9.17) is 5.73 Å². The van der Waals surface area contributed by atoms with Crippen LogP contribution in [0.4, 0.5) is 14.5 Å². The predicted molar refractivity (Wildman–Crippen MR) is 95.4 cm³/mol. The fourth-order valence-corrected chi connectivity index (χ4v) is 3.35. The Morgan fingerprint density at radius 3 is 2.58 bits per heavy atom. The number of nitrogens with one attached hydrogen (secondary N) is 2. The number of nitrogens with zero attached hydrogens (tertiary/aromatic N) is 1. The lowest BCUT2D eigenvalue weighted by atomic mass is 10.1. The number of nitrogens with two attached hydrogens (primary N) is 1. The summed E-state index contributed by atoms with van der Waals surface area (Å²) in [6.07, 6.45) is 2.41. The molecule has 1 aliphatic carbocycles. The van der Waals surface area contributed by atoms with Gasteiger partial charge in [-0.25, -0.2) is 13.8 Å². The minimum Gasteiger partial charge on any atom is -0.338 e. The average molecular weight is 356 g/mol. The van der Waals surface area contributed by atoms with Gasteiger partial charge in [-0.3, -0.25) is 4.79 Å². The molecule has 1 aliphatic rings. The van der Waals surface area contributed by atoms with Crippen LogP contribution in [0.1, 0.15) is 19.3 Å². The fraction of sp³-hybridized carbons (Fsp3) is 0.263. The monoisotopic (exact) mass is 356 g/mol. The number of amides is 1. The Bertz CT molecular complexity index is 929. The van der Waals surface area contributed by atoms with Crippen molar-refractivity contribution in [1.29, 1.82) is 0 Å². The largest absolute Gasteiger partial charge is 0.338 e. The van der Waals surface area contributed by atoms with Crippen LogP contribution in [0.5, 0.6) is 0 Å². The third-order valence-electron chi connectivity index (χ3n) is 4.79. The number of hydrogen-bond acceptors (Lipinski definition) is 3. The van der Waals surface area contributed by atoms with E-state index in [2.05, 4.69) is 15.3 Å². The first-order valence-electron chi connectivity index (χ1n) is 8.51. The van der Waals surface area contributed by atoms with Crippen LogP contribution >= 0.6 is 0 Å². The molecule has 134 valence electrons. The van der Waals surface area contributed by atoms with Crippen LogP contribution in [0.15, 0.2) is 36.4 Å². The summed E-state index contributed by atoms with van der Waals surface area (Å²) in [6, 6.07) is 9.39. The highest BCUT2D eigenvalue weighted by atomic mass is 19.2. The predicted octanol–water partition coefficient (Wildman–Crippen LogP) is 3.57. The number of benzene rings is 2. The van der Waals surface area contributed by atoms with Crippen molar-refractivity contribution >= 4 is 22.6 Å². The normalized spacial score (nSPS) is 19.8. The number of carbonyl (C=O) groups is 1. The number of imidazole rings is 1. The smallest absolute Gasteiger partial charge is 0.227 e. The molecule has 1 amide bonds. The Labute approximate surface area is 148 Å². The van der Waals surface area contributed by atoms with Gasteiger partial charge in [0.05, 0.1) is 11.0 Å². The van der Waals surface area contributed by atoms with Crippen LogP contribution in [-0.4, -0.2) is 21.9 Å². The van der Waals surface area contributed by atoms with Gasteiger partial charge in [0.2, 0.25) is 5.91 Å². The number of rotatable bonds is 3. The SMILES string of the molecule is NC1CCC(C(=O)Nc2ccc(-c3nc4cc(F)c(F)cc4[nH]3)cc2)C1. The van der Waals surface area contributed by atoms with Crippen molar-refractivity contribution in [3.63, 3.8) is 0 Å². The van der Waals surface area contributed by atoms with Gasteiger partial charge in [-0.2, -0.15) is 0 Å². The zero-order chi connectivity index (χ0) is 18.3. The third kappa shape index (κ3) is 3.17. The average Bonchev–Trinajstić information content (AvgIpc) is 3.22. The topological polar surface area (TPSA) is 83.8 Å². The van der Waals surface area contributed by atoms with Gasteiger partial charge in [-0.05, 0) is 43.5 Å². The molecule has 0 spiro atoms. The molecule has 2 atom stereocenters. The van der Waals surface area contributed by atoms with Gasteiger partial charge in [-0.15, -0.1) is 0 Å². The summed E-state index contributed by atoms with van der Waals surface area (Å²) in [4.78, 5) is 19.5. The van der Waals surface area contributed by atoms with Gasteiger partial charge in [0.1, 0.15) is 5.82 Å². The zero-order valence-electron chi connectivity index (χ0n) is 13.9. The number of fused-ring (bicyclic) bond motifs is 1. The van der Waals surface area contributed by atoms with Crippen molar-refractivity contribution in [2.75, 3.05) is 5.32 Å². The molecule has 4 rings (SSSR count). The van der Waals surface area contributed by atoms with Crippen molar-refractivity contribution in [2.24, 2.45) is 11.7 Å². The maximum Gasteiger partial charge on any atom is 0.227 e. The highest BCUT2D eigenvalue weighted by Crippen LogP contribution is 2.27. The Morgan fingerprint density at radius 1 is 1.15 bits per heavy atom. The molecule has 1 aromatic heterocycles. The van der Waals surface area contributed by atoms with E-state index in [9.17, 15) is 13.6 Å². The van der Waals surface area contributed by atoms with Crippen molar-refractivity contribution in [2.45, 2.75) is 25.3 Å². The number of hydrogen-bond donors (Lipinski definition) is 3. The molecule has 2 unspecified atom stereocenters. The Morgan fingerprint density at radius 2 is 1.88 bits per heavy atom. The van der Waals surface area contributed by atoms with Crippen molar-refractivity contribution < 1.29 is 13.6 Å². The van der Waals surface area contributed by atoms with E-state index < -0.39 is 11.6 Å². The second-order valence-corrected chi connectivity index (χ2v) is 6.71. The summed E-state index contributed by atoms with van der Waals surface area (Å²) < 4.78 is 26.6. The van der Waals surface area contributed by atoms with Gasteiger partial charge < -0.3 is 16.0 Å². The molecule has 0 aliphatic heterocycles. The second-order valence-electron chi connectivity index (χ2n) is 6.71. The Kier molecular flexibility index (Phi) is 4.16. The molecule has 1 heterocycles. The summed E-state index contributed by atoms with van der Waals surface area (Å²) in [7, 11) is 0. The minimum absolute atomic E-state index is 0.0135. The lowest BCUT2D eigenvalue weighted by Crippen LogP contribution is -2.23. The summed E-state index contributed by atoms with van der Waals surface area (Å²) in [5.74, 6) is -1.40. The van der Waals surface area contributed by atoms with Crippen molar-refractivity contribution in [1.82, 2.24) is 9.97 Å². The number of carbonyl (C=O) groups excluding carboxylic acids is 1. The van der Waals surface area contributed by atoms with E-state index in [1.165, 1.54) is 0 Å². The molecule has 5 nitrogen and oxygen atoms in total. The standard InChI is InChI=1S/C19H18F2N4O/c20-14-8-16-17(9-15(14)21)25-18(24-16)10-2-5-13(6-3-10)23-19(26)11-1-4-12(22)7-11/h2-3,5-6,8-9,11-12H,1,4,7,22H2,(H,23,26)(H,24,25). The van der Waals surface area contributed by atoms with E-state index in [-0.39, 0.29) is 17.9 Å². The molecule has 3 aromatic rings. The molecule has 0 saturated heterocycles. The van der Waals surface area contributed by atoms with Gasteiger partial charge in [0, 0.05) is 35.3 Å². The van der Waals surface area contributed by atoms with Crippen LogP contribution < -0.4 is 11.1 Å². The lowest BCUT2D eigenvalue weighted by molar-refractivity contribution is -0.119. The first kappa shape index (κ1) is 16.7. The highest BCUT2D eigenvalue weighted by Gasteiger charge is 2.27. The first-order chi connectivity index (χ1) is 12.5. The Balaban J connectivity index is 1.51. The molecule has 2 aromatic carbocycles. The number of aromatic amines is 1. The summed E-state index contributed by atoms with van der Waals surface area (Å²) in [5.41, 5.74) is 8.07. The maximum absolute atomic E-state index is 13.3.